The molecule has 0 fully saturated rings. The van der Waals surface area contributed by atoms with Crippen LogP contribution < -0.4 is 5.73 Å². The summed E-state index contributed by atoms with van der Waals surface area (Å²) in [7, 11) is 0. The third kappa shape index (κ3) is 1.85. The Morgan fingerprint density at radius 1 is 1.05 bits per heavy atom. The van der Waals surface area contributed by atoms with Crippen LogP contribution in [0, 0.1) is 0 Å². The summed E-state index contributed by atoms with van der Waals surface area (Å²) in [5.74, 6) is 0.258. The molecule has 102 valence electrons. The number of aromatic amines is 1. The fourth-order valence-corrected chi connectivity index (χ4v) is 2.48. The van der Waals surface area contributed by atoms with E-state index in [2.05, 4.69) is 19.9 Å². The number of nitrogens with two attached hydrogens (primary N) is 1. The van der Waals surface area contributed by atoms with E-state index in [1.54, 1.807) is 12.4 Å². The maximum atomic E-state index is 5.69. The van der Waals surface area contributed by atoms with Gasteiger partial charge in [0, 0.05) is 36.5 Å². The second-order valence-corrected chi connectivity index (χ2v) is 4.65. The maximum Gasteiger partial charge on any atom is 0.220 e. The van der Waals surface area contributed by atoms with Crippen LogP contribution in [0.5, 0.6) is 0 Å². The molecule has 4 aromatic heterocycles. The van der Waals surface area contributed by atoms with Gasteiger partial charge in [0.2, 0.25) is 5.95 Å². The van der Waals surface area contributed by atoms with Gasteiger partial charge >= 0.3 is 0 Å². The Morgan fingerprint density at radius 2 is 1.86 bits per heavy atom. The highest BCUT2D eigenvalue weighted by atomic mass is 15.0. The number of hydrogen-bond donors (Lipinski definition) is 2. The lowest BCUT2D eigenvalue weighted by atomic mass is 10.1. The molecule has 4 aromatic rings. The Kier molecular flexibility index (Phi) is 2.47. The normalized spacial score (nSPS) is 11.0. The molecular weight excluding hydrogens is 264 g/mol. The van der Waals surface area contributed by atoms with Gasteiger partial charge in [-0.15, -0.1) is 0 Å². The molecule has 6 heteroatoms. The van der Waals surface area contributed by atoms with Gasteiger partial charge in [-0.3, -0.25) is 0 Å². The molecule has 21 heavy (non-hydrogen) atoms. The van der Waals surface area contributed by atoms with E-state index in [0.717, 1.165) is 28.0 Å². The lowest BCUT2D eigenvalue weighted by molar-refractivity contribution is 1.09. The van der Waals surface area contributed by atoms with Crippen molar-refractivity contribution in [2.75, 3.05) is 5.73 Å². The van der Waals surface area contributed by atoms with E-state index in [9.17, 15) is 0 Å². The Balaban J connectivity index is 2.03. The molecular formula is C15H12N6. The van der Waals surface area contributed by atoms with Gasteiger partial charge in [-0.2, -0.15) is 0 Å². The second kappa shape index (κ2) is 4.45. The highest BCUT2D eigenvalue weighted by molar-refractivity contribution is 5.98. The van der Waals surface area contributed by atoms with Crippen molar-refractivity contribution in [3.63, 3.8) is 0 Å². The molecule has 6 nitrogen and oxygen atoms in total. The van der Waals surface area contributed by atoms with Crippen molar-refractivity contribution in [2.45, 2.75) is 0 Å². The van der Waals surface area contributed by atoms with Gasteiger partial charge in [0.1, 0.15) is 5.65 Å². The minimum atomic E-state index is 0.258. The Morgan fingerprint density at radius 3 is 2.67 bits per heavy atom. The van der Waals surface area contributed by atoms with Gasteiger partial charge in [0.25, 0.3) is 0 Å². The lowest BCUT2D eigenvalue weighted by Gasteiger charge is -2.07. The maximum absolute atomic E-state index is 5.69. The van der Waals surface area contributed by atoms with Crippen molar-refractivity contribution in [2.24, 2.45) is 0 Å². The molecule has 0 saturated carbocycles. The van der Waals surface area contributed by atoms with E-state index < -0.39 is 0 Å². The van der Waals surface area contributed by atoms with Gasteiger partial charge in [-0.25, -0.2) is 15.0 Å². The summed E-state index contributed by atoms with van der Waals surface area (Å²) in [4.78, 5) is 15.8. The Hall–Kier alpha value is -3.15. The average Bonchev–Trinajstić information content (AvgIpc) is 3.16. The van der Waals surface area contributed by atoms with Crippen LogP contribution in [0.25, 0.3) is 28.0 Å². The zero-order valence-electron chi connectivity index (χ0n) is 11.1. The highest BCUT2D eigenvalue weighted by Crippen LogP contribution is 2.31. The number of fused-ring (bicyclic) bond motifs is 1. The Bertz CT molecular complexity index is 907. The fraction of sp³-hybridized carbons (Fsp3) is 0. The first-order valence-electron chi connectivity index (χ1n) is 6.51. The van der Waals surface area contributed by atoms with Gasteiger partial charge in [0.05, 0.1) is 16.8 Å². The predicted molar refractivity (Wildman–Crippen MR) is 80.9 cm³/mol. The van der Waals surface area contributed by atoms with E-state index in [1.165, 1.54) is 0 Å². The van der Waals surface area contributed by atoms with Gasteiger partial charge < -0.3 is 15.3 Å². The van der Waals surface area contributed by atoms with Crippen LogP contribution in [0.3, 0.4) is 0 Å². The zero-order chi connectivity index (χ0) is 14.2. The third-order valence-corrected chi connectivity index (χ3v) is 3.38. The second-order valence-electron chi connectivity index (χ2n) is 4.65. The van der Waals surface area contributed by atoms with Crippen molar-refractivity contribution < 1.29 is 0 Å². The zero-order valence-corrected chi connectivity index (χ0v) is 11.1. The number of nitrogen functional groups attached to an aromatic ring is 1. The van der Waals surface area contributed by atoms with Crippen LogP contribution in [0.15, 0.2) is 55.2 Å². The molecule has 0 saturated heterocycles. The van der Waals surface area contributed by atoms with Crippen molar-refractivity contribution in [1.82, 2.24) is 24.5 Å². The van der Waals surface area contributed by atoms with Crippen molar-refractivity contribution in [1.29, 1.82) is 0 Å². The lowest BCUT2D eigenvalue weighted by Crippen LogP contribution is -1.96. The molecule has 3 N–H and O–H groups in total. The van der Waals surface area contributed by atoms with E-state index in [0.29, 0.717) is 0 Å². The molecule has 0 amide bonds. The van der Waals surface area contributed by atoms with Crippen LogP contribution in [0.4, 0.5) is 5.95 Å². The Labute approximate surface area is 120 Å². The summed E-state index contributed by atoms with van der Waals surface area (Å²) >= 11 is 0. The van der Waals surface area contributed by atoms with E-state index in [-0.39, 0.29) is 5.95 Å². The first-order valence-corrected chi connectivity index (χ1v) is 6.51. The molecule has 0 unspecified atom stereocenters. The van der Waals surface area contributed by atoms with Crippen LogP contribution in [0.2, 0.25) is 0 Å². The summed E-state index contributed by atoms with van der Waals surface area (Å²) in [5.41, 5.74) is 9.27. The smallest absolute Gasteiger partial charge is 0.220 e. The summed E-state index contributed by atoms with van der Waals surface area (Å²) in [6.07, 6.45) is 9.33. The van der Waals surface area contributed by atoms with Gasteiger partial charge in [-0.05, 0) is 24.3 Å². The average molecular weight is 276 g/mol. The predicted octanol–water partition coefficient (Wildman–Crippen LogP) is 2.39. The molecule has 0 aliphatic heterocycles. The number of H-pyrrole nitrogens is 1. The molecule has 0 aromatic carbocycles. The van der Waals surface area contributed by atoms with E-state index in [1.807, 2.05) is 47.4 Å². The SMILES string of the molecule is Nc1nccc(-c2c[nH]c3nccc(-n4cccc4)c23)n1. The first kappa shape index (κ1) is 11.7. The van der Waals surface area contributed by atoms with Crippen LogP contribution >= 0.6 is 0 Å². The van der Waals surface area contributed by atoms with Gasteiger partial charge in [-0.1, -0.05) is 0 Å². The number of hydrogen-bond acceptors (Lipinski definition) is 4. The van der Waals surface area contributed by atoms with Crippen molar-refractivity contribution in [3.05, 3.63) is 55.2 Å². The fourth-order valence-electron chi connectivity index (χ4n) is 2.48. The molecule has 0 aliphatic rings. The number of nitrogens with one attached hydrogen (secondary N) is 1. The number of pyridine rings is 1. The minimum absolute atomic E-state index is 0.258. The molecule has 0 aliphatic carbocycles. The monoisotopic (exact) mass is 276 g/mol. The summed E-state index contributed by atoms with van der Waals surface area (Å²) in [6.45, 7) is 0. The molecule has 0 radical (unpaired) electrons. The molecule has 0 bridgehead atoms. The van der Waals surface area contributed by atoms with Crippen LogP contribution in [-0.4, -0.2) is 24.5 Å². The summed E-state index contributed by atoms with van der Waals surface area (Å²) < 4.78 is 2.05. The quantitative estimate of drug-likeness (QED) is 0.588. The first-order chi connectivity index (χ1) is 10.3. The van der Waals surface area contributed by atoms with E-state index in [4.69, 9.17) is 5.73 Å². The number of anilines is 1. The largest absolute Gasteiger partial charge is 0.368 e. The van der Waals surface area contributed by atoms with Gasteiger partial charge in [0.15, 0.2) is 0 Å². The van der Waals surface area contributed by atoms with Crippen LogP contribution in [-0.2, 0) is 0 Å². The third-order valence-electron chi connectivity index (χ3n) is 3.38. The molecule has 0 spiro atoms. The summed E-state index contributed by atoms with van der Waals surface area (Å²) in [5, 5.41) is 1.01. The standard InChI is InChI=1S/C15H12N6/c16-15-18-5-3-11(20-15)10-9-19-14-13(10)12(4-6-17-14)21-7-1-2-8-21/h1-9H,(H,17,19)(H2,16,18,20). The number of nitrogens with zero attached hydrogens (tertiary/aromatic N) is 4. The molecule has 4 heterocycles. The molecule has 4 rings (SSSR count). The van der Waals surface area contributed by atoms with E-state index >= 15 is 0 Å². The number of aromatic nitrogens is 5. The summed E-state index contributed by atoms with van der Waals surface area (Å²) in [6, 6.07) is 7.79. The number of rotatable bonds is 2. The molecule has 0 atom stereocenters. The minimum Gasteiger partial charge on any atom is -0.368 e. The highest BCUT2D eigenvalue weighted by Gasteiger charge is 2.13. The van der Waals surface area contributed by atoms with Crippen LogP contribution in [0.1, 0.15) is 0 Å². The topological polar surface area (TPSA) is 85.4 Å². The van der Waals surface area contributed by atoms with Crippen molar-refractivity contribution >= 4 is 17.0 Å². The van der Waals surface area contributed by atoms with Crippen molar-refractivity contribution in [3.8, 4) is 16.9 Å².